The molecule has 0 fully saturated rings. The average Bonchev–Trinajstić information content (AvgIpc) is 2.02. The van der Waals surface area contributed by atoms with Gasteiger partial charge in [0.2, 0.25) is 0 Å². The molecule has 0 N–H and O–H groups in total. The summed E-state index contributed by atoms with van der Waals surface area (Å²) in [5.74, 6) is -1.40. The van der Waals surface area contributed by atoms with E-state index in [-0.39, 0.29) is 5.92 Å². The minimum absolute atomic E-state index is 0.279. The van der Waals surface area contributed by atoms with Gasteiger partial charge in [-0.2, -0.15) is 0 Å². The molecular formula is C9H14O3. The Morgan fingerprint density at radius 2 is 1.92 bits per heavy atom. The molecular weight excluding hydrogens is 156 g/mol. The number of hydrogen-bond donors (Lipinski definition) is 0. The molecule has 12 heavy (non-hydrogen) atoms. The van der Waals surface area contributed by atoms with Gasteiger partial charge in [0.1, 0.15) is 0 Å². The number of rotatable bonds is 3. The van der Waals surface area contributed by atoms with Gasteiger partial charge in [-0.15, -0.1) is 0 Å². The van der Waals surface area contributed by atoms with Crippen LogP contribution in [0.1, 0.15) is 27.2 Å². The van der Waals surface area contributed by atoms with E-state index in [1.165, 1.54) is 0 Å². The molecule has 0 radical (unpaired) electrons. The first-order chi connectivity index (χ1) is 5.49. The molecule has 0 saturated carbocycles. The van der Waals surface area contributed by atoms with E-state index in [1.807, 2.05) is 0 Å². The van der Waals surface area contributed by atoms with Crippen LogP contribution in [0.2, 0.25) is 0 Å². The summed E-state index contributed by atoms with van der Waals surface area (Å²) in [7, 11) is 0. The standard InChI is InChI=1S/C9H14O3/c1-5-7(4)9(11)12-8(10)6(2)3/h6H,4-5H2,1-3H3. The lowest BCUT2D eigenvalue weighted by Gasteiger charge is -2.04. The monoisotopic (exact) mass is 170 g/mol. The van der Waals surface area contributed by atoms with Crippen LogP contribution < -0.4 is 0 Å². The second kappa shape index (κ2) is 4.70. The fourth-order valence-electron chi connectivity index (χ4n) is 0.426. The lowest BCUT2D eigenvalue weighted by atomic mass is 10.2. The summed E-state index contributed by atoms with van der Waals surface area (Å²) < 4.78 is 4.49. The second-order valence-electron chi connectivity index (χ2n) is 2.82. The Kier molecular flexibility index (Phi) is 4.26. The number of carbonyl (C=O) groups excluding carboxylic acids is 2. The minimum Gasteiger partial charge on any atom is -0.389 e. The van der Waals surface area contributed by atoms with Gasteiger partial charge in [0.25, 0.3) is 0 Å². The van der Waals surface area contributed by atoms with Crippen molar-refractivity contribution in [1.29, 1.82) is 0 Å². The van der Waals surface area contributed by atoms with E-state index in [0.717, 1.165) is 0 Å². The Labute approximate surface area is 72.4 Å². The van der Waals surface area contributed by atoms with Crippen LogP contribution in [0, 0.1) is 5.92 Å². The van der Waals surface area contributed by atoms with Crippen molar-refractivity contribution < 1.29 is 14.3 Å². The summed E-state index contributed by atoms with van der Waals surface area (Å²) in [6.07, 6.45) is 0.504. The summed E-state index contributed by atoms with van der Waals surface area (Å²) in [4.78, 5) is 21.8. The van der Waals surface area contributed by atoms with Gasteiger partial charge in [-0.1, -0.05) is 27.4 Å². The van der Waals surface area contributed by atoms with E-state index in [2.05, 4.69) is 11.3 Å². The number of carbonyl (C=O) groups is 2. The fraction of sp³-hybridized carbons (Fsp3) is 0.556. The number of hydrogen-bond acceptors (Lipinski definition) is 3. The molecule has 3 nitrogen and oxygen atoms in total. The lowest BCUT2D eigenvalue weighted by Crippen LogP contribution is -2.17. The quantitative estimate of drug-likeness (QED) is 0.367. The van der Waals surface area contributed by atoms with Gasteiger partial charge < -0.3 is 4.74 Å². The zero-order valence-electron chi connectivity index (χ0n) is 7.72. The zero-order valence-corrected chi connectivity index (χ0v) is 7.72. The van der Waals surface area contributed by atoms with Gasteiger partial charge in [-0.3, -0.25) is 4.79 Å². The fourth-order valence-corrected chi connectivity index (χ4v) is 0.426. The number of ether oxygens (including phenoxy) is 1. The molecule has 0 unspecified atom stereocenters. The average molecular weight is 170 g/mol. The Bertz CT molecular complexity index is 204. The molecule has 0 aromatic rings. The zero-order chi connectivity index (χ0) is 9.72. The summed E-state index contributed by atoms with van der Waals surface area (Å²) in [5.41, 5.74) is 0.323. The molecule has 0 amide bonds. The predicted octanol–water partition coefficient (Wildman–Crippen LogP) is 1.68. The minimum atomic E-state index is -0.615. The van der Waals surface area contributed by atoms with E-state index in [4.69, 9.17) is 0 Å². The third-order valence-corrected chi connectivity index (χ3v) is 1.38. The van der Waals surface area contributed by atoms with Crippen LogP contribution in [-0.2, 0) is 14.3 Å². The molecule has 0 spiro atoms. The molecule has 0 aliphatic heterocycles. The summed E-state index contributed by atoms with van der Waals surface area (Å²) in [6, 6.07) is 0. The van der Waals surface area contributed by atoms with Crippen molar-refractivity contribution >= 4 is 11.9 Å². The normalized spacial score (nSPS) is 9.67. The Hall–Kier alpha value is -1.12. The molecule has 3 heteroatoms. The van der Waals surface area contributed by atoms with E-state index in [9.17, 15) is 9.59 Å². The summed E-state index contributed by atoms with van der Waals surface area (Å²) in [6.45, 7) is 8.58. The third-order valence-electron chi connectivity index (χ3n) is 1.38. The van der Waals surface area contributed by atoms with Crippen LogP contribution in [-0.4, -0.2) is 11.9 Å². The van der Waals surface area contributed by atoms with Crippen molar-refractivity contribution in [1.82, 2.24) is 0 Å². The predicted molar refractivity (Wildman–Crippen MR) is 45.4 cm³/mol. The van der Waals surface area contributed by atoms with Gasteiger partial charge in [0.15, 0.2) is 0 Å². The molecule has 68 valence electrons. The lowest BCUT2D eigenvalue weighted by molar-refractivity contribution is -0.159. The van der Waals surface area contributed by atoms with Crippen LogP contribution in [0.4, 0.5) is 0 Å². The smallest absolute Gasteiger partial charge is 0.341 e. The highest BCUT2D eigenvalue weighted by molar-refractivity contribution is 5.96. The SMILES string of the molecule is C=C(CC)C(=O)OC(=O)C(C)C. The second-order valence-corrected chi connectivity index (χ2v) is 2.82. The topological polar surface area (TPSA) is 43.4 Å². The molecule has 0 rings (SSSR count). The van der Waals surface area contributed by atoms with Crippen molar-refractivity contribution in [3.8, 4) is 0 Å². The molecule has 0 aliphatic carbocycles. The first-order valence-electron chi connectivity index (χ1n) is 3.92. The highest BCUT2D eigenvalue weighted by atomic mass is 16.6. The molecule has 0 heterocycles. The van der Waals surface area contributed by atoms with Crippen LogP contribution in [0.25, 0.3) is 0 Å². The Morgan fingerprint density at radius 3 is 2.25 bits per heavy atom. The molecule has 0 bridgehead atoms. The Balaban J connectivity index is 4.02. The van der Waals surface area contributed by atoms with E-state index < -0.39 is 11.9 Å². The van der Waals surface area contributed by atoms with Gasteiger partial charge in [0.05, 0.1) is 5.92 Å². The van der Waals surface area contributed by atoms with Gasteiger partial charge >= 0.3 is 11.9 Å². The first-order valence-corrected chi connectivity index (χ1v) is 3.92. The van der Waals surface area contributed by atoms with Gasteiger partial charge in [-0.05, 0) is 6.42 Å². The first kappa shape index (κ1) is 10.9. The van der Waals surface area contributed by atoms with Crippen LogP contribution >= 0.6 is 0 Å². The molecule has 0 aromatic carbocycles. The maximum Gasteiger partial charge on any atom is 0.341 e. The molecule has 0 saturated heterocycles. The maximum absolute atomic E-state index is 10.9. The van der Waals surface area contributed by atoms with E-state index in [0.29, 0.717) is 12.0 Å². The van der Waals surface area contributed by atoms with Crippen molar-refractivity contribution in [2.75, 3.05) is 0 Å². The largest absolute Gasteiger partial charge is 0.389 e. The van der Waals surface area contributed by atoms with Gasteiger partial charge in [0, 0.05) is 5.57 Å². The highest BCUT2D eigenvalue weighted by Gasteiger charge is 2.15. The van der Waals surface area contributed by atoms with Crippen LogP contribution in [0.15, 0.2) is 12.2 Å². The van der Waals surface area contributed by atoms with Gasteiger partial charge in [-0.25, -0.2) is 4.79 Å². The van der Waals surface area contributed by atoms with E-state index >= 15 is 0 Å². The third kappa shape index (κ3) is 3.32. The van der Waals surface area contributed by atoms with Crippen molar-refractivity contribution in [3.05, 3.63) is 12.2 Å². The van der Waals surface area contributed by atoms with Crippen molar-refractivity contribution in [2.45, 2.75) is 27.2 Å². The van der Waals surface area contributed by atoms with E-state index in [1.54, 1.807) is 20.8 Å². The summed E-state index contributed by atoms with van der Waals surface area (Å²) in [5, 5.41) is 0. The maximum atomic E-state index is 10.9. The highest BCUT2D eigenvalue weighted by Crippen LogP contribution is 2.03. The van der Waals surface area contributed by atoms with Crippen molar-refractivity contribution in [3.63, 3.8) is 0 Å². The van der Waals surface area contributed by atoms with Crippen LogP contribution in [0.5, 0.6) is 0 Å². The molecule has 0 atom stereocenters. The summed E-state index contributed by atoms with van der Waals surface area (Å²) >= 11 is 0. The van der Waals surface area contributed by atoms with Crippen molar-refractivity contribution in [2.24, 2.45) is 5.92 Å². The molecule has 0 aliphatic rings. The van der Waals surface area contributed by atoms with Crippen LogP contribution in [0.3, 0.4) is 0 Å². The molecule has 0 aromatic heterocycles. The number of esters is 2. The Morgan fingerprint density at radius 1 is 1.42 bits per heavy atom.